The number of alkyl halides is 3. The third-order valence-corrected chi connectivity index (χ3v) is 3.11. The molecule has 0 atom stereocenters. The zero-order valence-electron chi connectivity index (χ0n) is 12.1. The Morgan fingerprint density at radius 3 is 2.62 bits per heavy atom. The predicted molar refractivity (Wildman–Crippen MR) is 75.1 cm³/mol. The molecule has 0 saturated carbocycles. The topological polar surface area (TPSA) is 101 Å². The number of amides is 2. The average Bonchev–Trinajstić information content (AvgIpc) is 2.94. The van der Waals surface area contributed by atoms with E-state index in [-0.39, 0.29) is 18.5 Å². The van der Waals surface area contributed by atoms with Gasteiger partial charge in [-0.25, -0.2) is 4.39 Å². The van der Waals surface area contributed by atoms with Gasteiger partial charge in [0.05, 0.1) is 23.0 Å². The number of hydrogen-bond donors (Lipinski definition) is 3. The van der Waals surface area contributed by atoms with Gasteiger partial charge >= 0.3 is 6.18 Å². The number of nitrogens with one attached hydrogen (secondary N) is 2. The Bertz CT molecular complexity index is 770. The summed E-state index contributed by atoms with van der Waals surface area (Å²) in [6, 6.07) is 2.47. The highest BCUT2D eigenvalue weighted by molar-refractivity contribution is 6.00. The molecule has 0 bridgehead atoms. The Kier molecular flexibility index (Phi) is 4.86. The highest BCUT2D eigenvalue weighted by Crippen LogP contribution is 2.38. The Morgan fingerprint density at radius 1 is 1.29 bits per heavy atom. The van der Waals surface area contributed by atoms with Crippen molar-refractivity contribution in [1.82, 2.24) is 15.5 Å². The largest absolute Gasteiger partial charge is 0.417 e. The van der Waals surface area contributed by atoms with Crippen LogP contribution in [0.15, 0.2) is 24.4 Å². The standard InChI is InChI=1S/C14H12F4N4O2/c15-9-3-1-2-8(14(16,17)18)11(9)12-7(6-21-22-12)13(24)20-5-4-10(19)23/h1-3,6H,4-5H2,(H2,19,23)(H,20,24)(H,21,22). The molecule has 0 radical (unpaired) electrons. The number of nitrogens with two attached hydrogens (primary N) is 1. The Balaban J connectivity index is 2.41. The third-order valence-electron chi connectivity index (χ3n) is 3.11. The summed E-state index contributed by atoms with van der Waals surface area (Å²) < 4.78 is 53.3. The van der Waals surface area contributed by atoms with E-state index >= 15 is 0 Å². The van der Waals surface area contributed by atoms with Crippen molar-refractivity contribution in [2.75, 3.05) is 6.54 Å². The van der Waals surface area contributed by atoms with Gasteiger partial charge in [-0.15, -0.1) is 0 Å². The van der Waals surface area contributed by atoms with Gasteiger partial charge in [-0.3, -0.25) is 14.7 Å². The van der Waals surface area contributed by atoms with E-state index in [1.165, 1.54) is 0 Å². The molecule has 2 aromatic rings. The molecule has 1 aromatic carbocycles. The summed E-state index contributed by atoms with van der Waals surface area (Å²) in [4.78, 5) is 22.7. The zero-order chi connectivity index (χ0) is 17.9. The first-order valence-corrected chi connectivity index (χ1v) is 6.67. The maximum atomic E-state index is 14.0. The molecule has 24 heavy (non-hydrogen) atoms. The van der Waals surface area contributed by atoms with E-state index in [1.54, 1.807) is 0 Å². The molecule has 0 aliphatic carbocycles. The summed E-state index contributed by atoms with van der Waals surface area (Å²) in [5, 5.41) is 8.03. The zero-order valence-corrected chi connectivity index (χ0v) is 12.1. The third kappa shape index (κ3) is 3.70. The number of nitrogens with zero attached hydrogens (tertiary/aromatic N) is 1. The lowest BCUT2D eigenvalue weighted by Crippen LogP contribution is -2.28. The Labute approximate surface area is 133 Å². The maximum Gasteiger partial charge on any atom is 0.417 e. The normalized spacial score (nSPS) is 11.3. The number of benzene rings is 1. The van der Waals surface area contributed by atoms with E-state index < -0.39 is 40.6 Å². The second-order valence-electron chi connectivity index (χ2n) is 4.79. The van der Waals surface area contributed by atoms with Gasteiger partial charge in [0.1, 0.15) is 5.82 Å². The van der Waals surface area contributed by atoms with Gasteiger partial charge in [0, 0.05) is 18.5 Å². The minimum Gasteiger partial charge on any atom is -0.370 e. The lowest BCUT2D eigenvalue weighted by atomic mass is 10.0. The number of carbonyl (C=O) groups excluding carboxylic acids is 2. The summed E-state index contributed by atoms with van der Waals surface area (Å²) in [5.41, 5.74) is 2.19. The SMILES string of the molecule is NC(=O)CCNC(=O)c1cn[nH]c1-c1c(F)cccc1C(F)(F)F. The van der Waals surface area contributed by atoms with Crippen LogP contribution in [-0.2, 0) is 11.0 Å². The number of primary amides is 1. The molecule has 2 amide bonds. The molecular formula is C14H12F4N4O2. The number of rotatable bonds is 5. The smallest absolute Gasteiger partial charge is 0.370 e. The number of hydrogen-bond acceptors (Lipinski definition) is 3. The van der Waals surface area contributed by atoms with E-state index in [9.17, 15) is 27.2 Å². The number of halogens is 4. The second-order valence-corrected chi connectivity index (χ2v) is 4.79. The molecule has 2 rings (SSSR count). The lowest BCUT2D eigenvalue weighted by molar-refractivity contribution is -0.137. The molecule has 1 aromatic heterocycles. The van der Waals surface area contributed by atoms with Crippen LogP contribution in [-0.4, -0.2) is 28.6 Å². The molecule has 0 aliphatic rings. The van der Waals surface area contributed by atoms with Crippen LogP contribution in [0.3, 0.4) is 0 Å². The molecule has 10 heteroatoms. The summed E-state index contributed by atoms with van der Waals surface area (Å²) in [7, 11) is 0. The number of aromatic amines is 1. The van der Waals surface area contributed by atoms with Gasteiger partial charge in [-0.2, -0.15) is 18.3 Å². The minimum absolute atomic E-state index is 0.109. The summed E-state index contributed by atoms with van der Waals surface area (Å²) in [6.45, 7) is -0.109. The van der Waals surface area contributed by atoms with E-state index in [0.29, 0.717) is 6.07 Å². The summed E-state index contributed by atoms with van der Waals surface area (Å²) in [6.07, 6.45) is -3.99. The van der Waals surface area contributed by atoms with Crippen molar-refractivity contribution in [2.45, 2.75) is 12.6 Å². The molecule has 0 saturated heterocycles. The molecule has 1 heterocycles. The van der Waals surface area contributed by atoms with Gasteiger partial charge in [-0.05, 0) is 12.1 Å². The van der Waals surface area contributed by atoms with Gasteiger partial charge in [0.2, 0.25) is 5.91 Å². The van der Waals surface area contributed by atoms with Crippen LogP contribution in [0.2, 0.25) is 0 Å². The quantitative estimate of drug-likeness (QED) is 0.722. The average molecular weight is 344 g/mol. The first kappa shape index (κ1) is 17.4. The predicted octanol–water partition coefficient (Wildman–Crippen LogP) is 1.84. The molecule has 128 valence electrons. The highest BCUT2D eigenvalue weighted by Gasteiger charge is 2.36. The van der Waals surface area contributed by atoms with Gasteiger partial charge in [0.15, 0.2) is 0 Å². The van der Waals surface area contributed by atoms with Crippen molar-refractivity contribution in [1.29, 1.82) is 0 Å². The molecule has 6 nitrogen and oxygen atoms in total. The first-order valence-electron chi connectivity index (χ1n) is 6.67. The van der Waals surface area contributed by atoms with Crippen LogP contribution in [0.1, 0.15) is 22.3 Å². The van der Waals surface area contributed by atoms with Crippen molar-refractivity contribution in [3.63, 3.8) is 0 Å². The Hall–Kier alpha value is -2.91. The molecule has 0 spiro atoms. The lowest BCUT2D eigenvalue weighted by Gasteiger charge is -2.13. The molecule has 0 unspecified atom stereocenters. The summed E-state index contributed by atoms with van der Waals surface area (Å²) >= 11 is 0. The fourth-order valence-electron chi connectivity index (χ4n) is 2.06. The number of aromatic nitrogens is 2. The van der Waals surface area contributed by atoms with Crippen LogP contribution in [0, 0.1) is 5.82 Å². The van der Waals surface area contributed by atoms with Crippen molar-refractivity contribution in [3.8, 4) is 11.3 Å². The molecule has 0 aliphatic heterocycles. The van der Waals surface area contributed by atoms with Gasteiger partial charge in [-0.1, -0.05) is 6.07 Å². The van der Waals surface area contributed by atoms with E-state index in [2.05, 4.69) is 15.5 Å². The number of H-pyrrole nitrogens is 1. The fourth-order valence-corrected chi connectivity index (χ4v) is 2.06. The second kappa shape index (κ2) is 6.69. The maximum absolute atomic E-state index is 14.0. The van der Waals surface area contributed by atoms with Gasteiger partial charge in [0.25, 0.3) is 5.91 Å². The molecular weight excluding hydrogens is 332 g/mol. The van der Waals surface area contributed by atoms with E-state index in [0.717, 1.165) is 18.3 Å². The van der Waals surface area contributed by atoms with Crippen LogP contribution < -0.4 is 11.1 Å². The highest BCUT2D eigenvalue weighted by atomic mass is 19.4. The molecule has 0 fully saturated rings. The van der Waals surface area contributed by atoms with Crippen molar-refractivity contribution in [3.05, 3.63) is 41.3 Å². The van der Waals surface area contributed by atoms with Crippen LogP contribution in [0.5, 0.6) is 0 Å². The van der Waals surface area contributed by atoms with Crippen LogP contribution in [0.4, 0.5) is 17.6 Å². The van der Waals surface area contributed by atoms with E-state index in [1.807, 2.05) is 0 Å². The Morgan fingerprint density at radius 2 is 2.00 bits per heavy atom. The summed E-state index contributed by atoms with van der Waals surface area (Å²) in [5.74, 6) is -2.62. The minimum atomic E-state index is -4.82. The van der Waals surface area contributed by atoms with Crippen molar-refractivity contribution < 1.29 is 27.2 Å². The van der Waals surface area contributed by atoms with Gasteiger partial charge < -0.3 is 11.1 Å². The van der Waals surface area contributed by atoms with Crippen LogP contribution in [0.25, 0.3) is 11.3 Å². The van der Waals surface area contributed by atoms with Crippen molar-refractivity contribution >= 4 is 11.8 Å². The first-order chi connectivity index (χ1) is 11.2. The number of carbonyl (C=O) groups is 2. The van der Waals surface area contributed by atoms with E-state index in [4.69, 9.17) is 5.73 Å². The monoisotopic (exact) mass is 344 g/mol. The van der Waals surface area contributed by atoms with Crippen molar-refractivity contribution in [2.24, 2.45) is 5.73 Å². The fraction of sp³-hybridized carbons (Fsp3) is 0.214. The van der Waals surface area contributed by atoms with Crippen LogP contribution >= 0.6 is 0 Å². The molecule has 4 N–H and O–H groups in total.